The van der Waals surface area contributed by atoms with Crippen LogP contribution in [0.4, 0.5) is 0 Å². The van der Waals surface area contributed by atoms with E-state index in [9.17, 15) is 9.59 Å². The Balaban J connectivity index is 1.60. The number of carbonyl (C=O) groups excluding carboxylic acids is 1. The second-order valence-corrected chi connectivity index (χ2v) is 6.41. The van der Waals surface area contributed by atoms with E-state index in [4.69, 9.17) is 9.84 Å². The molecule has 1 aromatic carbocycles. The first-order valence-electron chi connectivity index (χ1n) is 8.48. The van der Waals surface area contributed by atoms with E-state index in [-0.39, 0.29) is 18.1 Å². The Kier molecular flexibility index (Phi) is 5.58. The van der Waals surface area contributed by atoms with E-state index in [0.29, 0.717) is 11.6 Å². The summed E-state index contributed by atoms with van der Waals surface area (Å²) in [6.07, 6.45) is 5.19. The molecule has 1 fully saturated rings. The smallest absolute Gasteiger partial charge is 0.335 e. The first-order valence-corrected chi connectivity index (χ1v) is 8.48. The molecule has 3 rings (SSSR count). The number of amides is 1. The molecule has 0 saturated carbocycles. The molecule has 0 aliphatic carbocycles. The number of hydrogen-bond acceptors (Lipinski definition) is 5. The SMILES string of the molecule is COCC(=O)N1CC[C@H](Cc2cnc(-c3ccc(C(=O)O)cc3)cn2)C1. The largest absolute Gasteiger partial charge is 0.478 e. The molecule has 1 atom stereocenters. The minimum absolute atomic E-state index is 0.0289. The highest BCUT2D eigenvalue weighted by atomic mass is 16.5. The lowest BCUT2D eigenvalue weighted by Gasteiger charge is -2.15. The number of carbonyl (C=O) groups is 2. The molecule has 0 radical (unpaired) electrons. The predicted octanol–water partition coefficient (Wildman–Crippen LogP) is 1.88. The number of benzene rings is 1. The number of likely N-dealkylation sites (tertiary alicyclic amines) is 1. The van der Waals surface area contributed by atoms with Gasteiger partial charge in [0, 0.05) is 32.0 Å². The van der Waals surface area contributed by atoms with Gasteiger partial charge in [-0.15, -0.1) is 0 Å². The standard InChI is InChI=1S/C19H21N3O4/c1-26-12-18(23)22-7-6-13(11-22)8-16-9-21-17(10-20-16)14-2-4-15(5-3-14)19(24)25/h2-5,9-10,13H,6-8,11-12H2,1H3,(H,24,25)/t13-/m1/s1. The molecule has 0 bridgehead atoms. The molecule has 1 amide bonds. The summed E-state index contributed by atoms with van der Waals surface area (Å²) in [6.45, 7) is 1.61. The highest BCUT2D eigenvalue weighted by Gasteiger charge is 2.26. The molecule has 26 heavy (non-hydrogen) atoms. The van der Waals surface area contributed by atoms with E-state index in [0.717, 1.165) is 37.2 Å². The maximum atomic E-state index is 11.8. The first kappa shape index (κ1) is 18.0. The first-order chi connectivity index (χ1) is 12.6. The highest BCUT2D eigenvalue weighted by molar-refractivity contribution is 5.88. The third kappa shape index (κ3) is 4.23. The molecule has 0 spiro atoms. The number of ether oxygens (including phenoxy) is 1. The van der Waals surface area contributed by atoms with Crippen molar-refractivity contribution in [1.29, 1.82) is 0 Å². The lowest BCUT2D eigenvalue weighted by molar-refractivity contribution is -0.134. The van der Waals surface area contributed by atoms with Gasteiger partial charge < -0.3 is 14.7 Å². The minimum atomic E-state index is -0.951. The van der Waals surface area contributed by atoms with Gasteiger partial charge in [-0.3, -0.25) is 14.8 Å². The van der Waals surface area contributed by atoms with Crippen LogP contribution in [0.3, 0.4) is 0 Å². The van der Waals surface area contributed by atoms with E-state index in [1.54, 1.807) is 36.7 Å². The van der Waals surface area contributed by atoms with Gasteiger partial charge in [0.25, 0.3) is 0 Å². The molecular weight excluding hydrogens is 334 g/mol. The highest BCUT2D eigenvalue weighted by Crippen LogP contribution is 2.21. The maximum Gasteiger partial charge on any atom is 0.335 e. The van der Waals surface area contributed by atoms with Crippen LogP contribution in [0.25, 0.3) is 11.3 Å². The van der Waals surface area contributed by atoms with Crippen molar-refractivity contribution < 1.29 is 19.4 Å². The summed E-state index contributed by atoms with van der Waals surface area (Å²) in [5, 5.41) is 8.94. The predicted molar refractivity (Wildman–Crippen MR) is 94.7 cm³/mol. The van der Waals surface area contributed by atoms with Crippen LogP contribution in [-0.2, 0) is 16.0 Å². The van der Waals surface area contributed by atoms with Crippen LogP contribution < -0.4 is 0 Å². The van der Waals surface area contributed by atoms with Gasteiger partial charge in [-0.25, -0.2) is 4.79 Å². The number of methoxy groups -OCH3 is 1. The zero-order valence-electron chi connectivity index (χ0n) is 14.6. The van der Waals surface area contributed by atoms with Crippen LogP contribution in [0.2, 0.25) is 0 Å². The fourth-order valence-corrected chi connectivity index (χ4v) is 3.13. The molecule has 1 saturated heterocycles. The summed E-state index contributed by atoms with van der Waals surface area (Å²) < 4.78 is 4.90. The average molecular weight is 355 g/mol. The van der Waals surface area contributed by atoms with Gasteiger partial charge in [-0.05, 0) is 30.9 Å². The van der Waals surface area contributed by atoms with Crippen molar-refractivity contribution in [3.05, 3.63) is 47.9 Å². The number of nitrogens with zero attached hydrogens (tertiary/aromatic N) is 3. The fourth-order valence-electron chi connectivity index (χ4n) is 3.13. The number of carboxylic acids is 1. The molecule has 136 valence electrons. The van der Waals surface area contributed by atoms with Crippen molar-refractivity contribution in [3.63, 3.8) is 0 Å². The normalized spacial score (nSPS) is 16.7. The summed E-state index contributed by atoms with van der Waals surface area (Å²) in [4.78, 5) is 33.5. The fraction of sp³-hybridized carbons (Fsp3) is 0.368. The second kappa shape index (κ2) is 8.05. The number of rotatable bonds is 6. The summed E-state index contributed by atoms with van der Waals surface area (Å²) in [7, 11) is 1.53. The van der Waals surface area contributed by atoms with Crippen molar-refractivity contribution >= 4 is 11.9 Å². The number of aromatic nitrogens is 2. The Bertz CT molecular complexity index is 774. The molecule has 0 unspecified atom stereocenters. The Morgan fingerprint density at radius 3 is 2.62 bits per heavy atom. The summed E-state index contributed by atoms with van der Waals surface area (Å²) in [5.74, 6) is -0.542. The zero-order valence-corrected chi connectivity index (χ0v) is 14.6. The average Bonchev–Trinajstić information content (AvgIpc) is 3.11. The molecule has 2 aromatic rings. The van der Waals surface area contributed by atoms with E-state index in [2.05, 4.69) is 9.97 Å². The van der Waals surface area contributed by atoms with Crippen molar-refractivity contribution in [2.24, 2.45) is 5.92 Å². The molecule has 1 aliphatic rings. The van der Waals surface area contributed by atoms with Crippen molar-refractivity contribution in [2.75, 3.05) is 26.8 Å². The van der Waals surface area contributed by atoms with Gasteiger partial charge in [-0.2, -0.15) is 0 Å². The van der Waals surface area contributed by atoms with Crippen LogP contribution in [0, 0.1) is 5.92 Å². The summed E-state index contributed by atoms with van der Waals surface area (Å²) in [5.41, 5.74) is 2.66. The molecular formula is C19H21N3O4. The summed E-state index contributed by atoms with van der Waals surface area (Å²) in [6, 6.07) is 6.56. The van der Waals surface area contributed by atoms with Crippen molar-refractivity contribution in [3.8, 4) is 11.3 Å². The molecule has 1 N–H and O–H groups in total. The lowest BCUT2D eigenvalue weighted by atomic mass is 10.0. The number of hydrogen-bond donors (Lipinski definition) is 1. The number of aromatic carboxylic acids is 1. The Morgan fingerprint density at radius 1 is 1.23 bits per heavy atom. The molecule has 1 aliphatic heterocycles. The van der Waals surface area contributed by atoms with Gasteiger partial charge >= 0.3 is 5.97 Å². The Hall–Kier alpha value is -2.80. The minimum Gasteiger partial charge on any atom is -0.478 e. The van der Waals surface area contributed by atoms with E-state index in [1.807, 2.05) is 4.90 Å². The topological polar surface area (TPSA) is 92.6 Å². The quantitative estimate of drug-likeness (QED) is 0.850. The van der Waals surface area contributed by atoms with E-state index < -0.39 is 5.97 Å². The van der Waals surface area contributed by atoms with Crippen LogP contribution in [0.1, 0.15) is 22.5 Å². The third-order valence-corrected chi connectivity index (χ3v) is 4.54. The molecule has 7 nitrogen and oxygen atoms in total. The van der Waals surface area contributed by atoms with Crippen LogP contribution in [-0.4, -0.2) is 58.7 Å². The van der Waals surface area contributed by atoms with Crippen molar-refractivity contribution in [1.82, 2.24) is 14.9 Å². The number of carboxylic acid groups (broad SMARTS) is 1. The lowest BCUT2D eigenvalue weighted by Crippen LogP contribution is -2.31. The monoisotopic (exact) mass is 355 g/mol. The molecule has 2 heterocycles. The Morgan fingerprint density at radius 2 is 2.00 bits per heavy atom. The maximum absolute atomic E-state index is 11.8. The zero-order chi connectivity index (χ0) is 18.5. The summed E-state index contributed by atoms with van der Waals surface area (Å²) >= 11 is 0. The third-order valence-electron chi connectivity index (χ3n) is 4.54. The second-order valence-electron chi connectivity index (χ2n) is 6.41. The van der Waals surface area contributed by atoms with Gasteiger partial charge in [0.15, 0.2) is 0 Å². The van der Waals surface area contributed by atoms with Gasteiger partial charge in [0.05, 0.1) is 23.1 Å². The van der Waals surface area contributed by atoms with Crippen LogP contribution in [0.5, 0.6) is 0 Å². The van der Waals surface area contributed by atoms with E-state index >= 15 is 0 Å². The van der Waals surface area contributed by atoms with Crippen LogP contribution >= 0.6 is 0 Å². The Labute approximate surface area is 151 Å². The molecule has 1 aromatic heterocycles. The van der Waals surface area contributed by atoms with Crippen molar-refractivity contribution in [2.45, 2.75) is 12.8 Å². The van der Waals surface area contributed by atoms with Gasteiger partial charge in [0.1, 0.15) is 6.61 Å². The van der Waals surface area contributed by atoms with E-state index in [1.165, 1.54) is 7.11 Å². The van der Waals surface area contributed by atoms with Gasteiger partial charge in [-0.1, -0.05) is 12.1 Å². The molecule has 7 heteroatoms. The van der Waals surface area contributed by atoms with Crippen LogP contribution in [0.15, 0.2) is 36.7 Å². The van der Waals surface area contributed by atoms with Gasteiger partial charge in [0.2, 0.25) is 5.91 Å².